The molecule has 2 aliphatic rings. The molecule has 0 unspecified atom stereocenters. The van der Waals surface area contributed by atoms with Crippen LogP contribution in [0.15, 0.2) is 30.3 Å². The van der Waals surface area contributed by atoms with Crippen LogP contribution in [0, 0.1) is 0 Å². The van der Waals surface area contributed by atoms with Crippen LogP contribution in [0.5, 0.6) is 0 Å². The molecule has 5 rings (SSSR count). The zero-order chi connectivity index (χ0) is 19.6. The first kappa shape index (κ1) is 17.9. The molecule has 1 aromatic carbocycles. The van der Waals surface area contributed by atoms with Gasteiger partial charge in [-0.1, -0.05) is 30.3 Å². The Morgan fingerprint density at radius 3 is 2.72 bits per heavy atom. The first-order chi connectivity index (χ1) is 14.3. The number of rotatable bonds is 4. The van der Waals surface area contributed by atoms with Gasteiger partial charge in [0.25, 0.3) is 0 Å². The summed E-state index contributed by atoms with van der Waals surface area (Å²) in [5.41, 5.74) is 0.888. The Morgan fingerprint density at radius 2 is 1.90 bits per heavy atom. The first-order valence-electron chi connectivity index (χ1n) is 10.0. The largest absolute Gasteiger partial charge is 0.341 e. The number of fused-ring (bicyclic) bond motifs is 1. The summed E-state index contributed by atoms with van der Waals surface area (Å²) in [5.74, 6) is 2.99. The number of piperidine rings is 1. The number of carbonyl (C=O) groups excluding carboxylic acids is 1. The Morgan fingerprint density at radius 1 is 1.07 bits per heavy atom. The second kappa shape index (κ2) is 7.70. The van der Waals surface area contributed by atoms with Crippen molar-refractivity contribution in [2.45, 2.75) is 38.4 Å². The molecule has 2 aromatic heterocycles. The zero-order valence-corrected chi connectivity index (χ0v) is 16.1. The van der Waals surface area contributed by atoms with E-state index in [0.717, 1.165) is 49.7 Å². The number of aromatic nitrogens is 7. The Bertz CT molecular complexity index is 988. The van der Waals surface area contributed by atoms with Crippen LogP contribution in [0.2, 0.25) is 0 Å². The summed E-state index contributed by atoms with van der Waals surface area (Å²) >= 11 is 0. The van der Waals surface area contributed by atoms with Gasteiger partial charge in [-0.3, -0.25) is 4.79 Å². The number of nitrogens with zero attached hydrogens (tertiary/aromatic N) is 8. The molecular weight excluding hydrogens is 370 g/mol. The third-order valence-corrected chi connectivity index (χ3v) is 5.63. The van der Waals surface area contributed by atoms with Gasteiger partial charge in [0.2, 0.25) is 11.7 Å². The van der Waals surface area contributed by atoms with Crippen LogP contribution in [-0.2, 0) is 24.4 Å². The number of hydrogen-bond acceptors (Lipinski definition) is 7. The molecule has 3 aromatic rings. The van der Waals surface area contributed by atoms with Crippen molar-refractivity contribution in [3.8, 4) is 11.4 Å². The Kier molecular flexibility index (Phi) is 4.76. The molecule has 0 radical (unpaired) electrons. The summed E-state index contributed by atoms with van der Waals surface area (Å²) in [4.78, 5) is 16.0. The molecule has 1 amide bonds. The summed E-state index contributed by atoms with van der Waals surface area (Å²) in [6.45, 7) is 4.18. The molecule has 2 aliphatic heterocycles. The van der Waals surface area contributed by atoms with Crippen molar-refractivity contribution in [3.05, 3.63) is 42.0 Å². The van der Waals surface area contributed by atoms with Crippen molar-refractivity contribution in [1.29, 1.82) is 0 Å². The van der Waals surface area contributed by atoms with Crippen molar-refractivity contribution in [2.24, 2.45) is 0 Å². The molecule has 0 bridgehead atoms. The Balaban J connectivity index is 1.19. The number of likely N-dealkylation sites (tertiary alicyclic amines) is 1. The molecule has 0 atom stereocenters. The highest BCUT2D eigenvalue weighted by Gasteiger charge is 2.29. The normalized spacial score (nSPS) is 17.3. The zero-order valence-electron chi connectivity index (χ0n) is 16.1. The number of hydrogen-bond donors (Lipinski definition) is 1. The standard InChI is InChI=1S/C19H23N9O/c29-17(13-28-24-18(22-25-28)14-4-2-1-3-5-14)26-9-6-15(7-10-26)19-23-21-16-12-20-8-11-27(16)19/h1-5,15,20H,6-13H2. The fourth-order valence-corrected chi connectivity index (χ4v) is 4.04. The molecule has 1 fully saturated rings. The van der Waals surface area contributed by atoms with Gasteiger partial charge >= 0.3 is 0 Å². The van der Waals surface area contributed by atoms with E-state index in [0.29, 0.717) is 24.8 Å². The fourth-order valence-electron chi connectivity index (χ4n) is 4.04. The van der Waals surface area contributed by atoms with E-state index in [-0.39, 0.29) is 12.5 Å². The van der Waals surface area contributed by atoms with Crippen LogP contribution in [-0.4, -0.2) is 65.4 Å². The lowest BCUT2D eigenvalue weighted by atomic mass is 9.95. The molecule has 1 saturated heterocycles. The molecule has 0 saturated carbocycles. The Hall–Kier alpha value is -3.14. The number of nitrogens with one attached hydrogen (secondary N) is 1. The highest BCUT2D eigenvalue weighted by atomic mass is 16.2. The van der Waals surface area contributed by atoms with Gasteiger partial charge in [0.15, 0.2) is 0 Å². The van der Waals surface area contributed by atoms with Gasteiger partial charge in [0, 0.05) is 37.7 Å². The molecule has 4 heterocycles. The lowest BCUT2D eigenvalue weighted by Crippen LogP contribution is -2.40. The van der Waals surface area contributed by atoms with E-state index in [9.17, 15) is 4.79 Å². The molecule has 10 heteroatoms. The van der Waals surface area contributed by atoms with E-state index < -0.39 is 0 Å². The van der Waals surface area contributed by atoms with Gasteiger partial charge < -0.3 is 14.8 Å². The van der Waals surface area contributed by atoms with Crippen molar-refractivity contribution >= 4 is 5.91 Å². The molecule has 0 spiro atoms. The highest BCUT2D eigenvalue weighted by Crippen LogP contribution is 2.28. The van der Waals surface area contributed by atoms with Crippen LogP contribution < -0.4 is 5.32 Å². The van der Waals surface area contributed by atoms with Crippen LogP contribution in [0.25, 0.3) is 11.4 Å². The van der Waals surface area contributed by atoms with Gasteiger partial charge in [-0.25, -0.2) is 0 Å². The minimum atomic E-state index is 0.0212. The molecular formula is C19H23N9O. The molecule has 10 nitrogen and oxygen atoms in total. The van der Waals surface area contributed by atoms with E-state index in [1.54, 1.807) is 0 Å². The molecule has 0 aliphatic carbocycles. The monoisotopic (exact) mass is 393 g/mol. The summed E-state index contributed by atoms with van der Waals surface area (Å²) in [7, 11) is 0. The fraction of sp³-hybridized carbons (Fsp3) is 0.474. The average molecular weight is 393 g/mol. The lowest BCUT2D eigenvalue weighted by Gasteiger charge is -2.32. The summed E-state index contributed by atoms with van der Waals surface area (Å²) < 4.78 is 2.24. The maximum absolute atomic E-state index is 12.7. The number of tetrazole rings is 1. The molecule has 150 valence electrons. The van der Waals surface area contributed by atoms with E-state index >= 15 is 0 Å². The summed E-state index contributed by atoms with van der Waals surface area (Å²) in [6.07, 6.45) is 1.80. The van der Waals surface area contributed by atoms with Gasteiger partial charge in [-0.05, 0) is 18.1 Å². The number of carbonyl (C=O) groups is 1. The van der Waals surface area contributed by atoms with Crippen molar-refractivity contribution in [1.82, 2.24) is 45.2 Å². The van der Waals surface area contributed by atoms with Crippen LogP contribution in [0.3, 0.4) is 0 Å². The van der Waals surface area contributed by atoms with Gasteiger partial charge in [-0.15, -0.1) is 20.4 Å². The third kappa shape index (κ3) is 3.63. The van der Waals surface area contributed by atoms with E-state index in [1.165, 1.54) is 4.80 Å². The van der Waals surface area contributed by atoms with Crippen molar-refractivity contribution < 1.29 is 4.79 Å². The average Bonchev–Trinajstić information content (AvgIpc) is 3.42. The smallest absolute Gasteiger partial charge is 0.246 e. The maximum Gasteiger partial charge on any atom is 0.246 e. The van der Waals surface area contributed by atoms with Crippen LogP contribution in [0.1, 0.15) is 30.4 Å². The quantitative estimate of drug-likeness (QED) is 0.685. The maximum atomic E-state index is 12.7. The summed E-state index contributed by atoms with van der Waals surface area (Å²) in [5, 5.41) is 24.5. The third-order valence-electron chi connectivity index (χ3n) is 5.63. The number of amides is 1. The topological polar surface area (TPSA) is 107 Å². The highest BCUT2D eigenvalue weighted by molar-refractivity contribution is 5.75. The summed E-state index contributed by atoms with van der Waals surface area (Å²) in [6, 6.07) is 9.64. The second-order valence-corrected chi connectivity index (χ2v) is 7.47. The van der Waals surface area contributed by atoms with Crippen molar-refractivity contribution in [3.63, 3.8) is 0 Å². The second-order valence-electron chi connectivity index (χ2n) is 7.47. The lowest BCUT2D eigenvalue weighted by molar-refractivity contribution is -0.133. The minimum absolute atomic E-state index is 0.0212. The van der Waals surface area contributed by atoms with Crippen LogP contribution in [0.4, 0.5) is 0 Å². The molecule has 1 N–H and O–H groups in total. The van der Waals surface area contributed by atoms with Gasteiger partial charge in [0.1, 0.15) is 18.2 Å². The number of benzene rings is 1. The van der Waals surface area contributed by atoms with E-state index in [2.05, 4.69) is 35.5 Å². The van der Waals surface area contributed by atoms with Crippen molar-refractivity contribution in [2.75, 3.05) is 19.6 Å². The van der Waals surface area contributed by atoms with E-state index in [1.807, 2.05) is 35.2 Å². The Labute approximate surface area is 167 Å². The first-order valence-corrected chi connectivity index (χ1v) is 10.0. The van der Waals surface area contributed by atoms with Crippen LogP contribution >= 0.6 is 0 Å². The predicted molar refractivity (Wildman–Crippen MR) is 104 cm³/mol. The van der Waals surface area contributed by atoms with E-state index in [4.69, 9.17) is 0 Å². The minimum Gasteiger partial charge on any atom is -0.341 e. The van der Waals surface area contributed by atoms with Gasteiger partial charge in [-0.2, -0.15) is 4.80 Å². The van der Waals surface area contributed by atoms with Gasteiger partial charge in [0.05, 0.1) is 6.54 Å². The molecule has 29 heavy (non-hydrogen) atoms. The predicted octanol–water partition coefficient (Wildman–Crippen LogP) is 0.441. The SMILES string of the molecule is O=C(Cn1nnc(-c2ccccc2)n1)N1CCC(c2nnc3n2CCNC3)CC1.